The smallest absolute Gasteiger partial charge is 0.290 e. The predicted octanol–water partition coefficient (Wildman–Crippen LogP) is 0.378. The number of amides is 1. The van der Waals surface area contributed by atoms with Gasteiger partial charge in [-0.25, -0.2) is 10.8 Å². The first-order valence-electron chi connectivity index (χ1n) is 6.24. The highest BCUT2D eigenvalue weighted by Gasteiger charge is 2.13. The number of hydrazine groups is 1. The molecule has 0 saturated carbocycles. The maximum absolute atomic E-state index is 11.2. The molecule has 23 heavy (non-hydrogen) atoms. The van der Waals surface area contributed by atoms with Crippen molar-refractivity contribution in [3.05, 3.63) is 53.7 Å². The number of hydrazone groups is 1. The zero-order valence-electron chi connectivity index (χ0n) is 11.7. The average molecular weight is 335 g/mol. The Morgan fingerprint density at radius 2 is 2.00 bits per heavy atom. The highest BCUT2D eigenvalue weighted by Crippen LogP contribution is 2.13. The van der Waals surface area contributed by atoms with Crippen molar-refractivity contribution < 1.29 is 17.8 Å². The Hall–Kier alpha value is -2.82. The zero-order chi connectivity index (χ0) is 16.9. The van der Waals surface area contributed by atoms with E-state index in [9.17, 15) is 13.2 Å². The van der Waals surface area contributed by atoms with Gasteiger partial charge >= 0.3 is 0 Å². The van der Waals surface area contributed by atoms with Gasteiger partial charge in [-0.2, -0.15) is 13.5 Å². The minimum Gasteiger partial charge on any atom is -0.290 e. The van der Waals surface area contributed by atoms with Crippen LogP contribution in [0.2, 0.25) is 0 Å². The molecule has 0 aliphatic carbocycles. The van der Waals surface area contributed by atoms with Crippen LogP contribution in [0.1, 0.15) is 15.9 Å². The third-order valence-corrected chi connectivity index (χ3v) is 3.66. The fourth-order valence-electron chi connectivity index (χ4n) is 1.67. The van der Waals surface area contributed by atoms with E-state index >= 15 is 0 Å². The van der Waals surface area contributed by atoms with E-state index in [1.165, 1.54) is 42.7 Å². The van der Waals surface area contributed by atoms with E-state index in [1.54, 1.807) is 6.07 Å². The first-order valence-corrected chi connectivity index (χ1v) is 7.68. The number of benzene rings is 1. The molecule has 2 rings (SSSR count). The lowest BCUT2D eigenvalue weighted by Crippen LogP contribution is -2.30. The van der Waals surface area contributed by atoms with E-state index in [0.29, 0.717) is 5.82 Å². The van der Waals surface area contributed by atoms with E-state index < -0.39 is 16.0 Å². The largest absolute Gasteiger partial charge is 0.295 e. The van der Waals surface area contributed by atoms with E-state index in [1.807, 2.05) is 5.43 Å². The molecule has 5 N–H and O–H groups in total. The van der Waals surface area contributed by atoms with Gasteiger partial charge < -0.3 is 0 Å². The topological polar surface area (TPSA) is 147 Å². The second-order valence-corrected chi connectivity index (χ2v) is 5.68. The lowest BCUT2D eigenvalue weighted by Gasteiger charge is -2.03. The molecule has 1 aromatic carbocycles. The maximum Gasteiger partial charge on any atom is 0.295 e. The normalized spacial score (nSPS) is 11.4. The number of carbonyl (C=O) groups excluding carboxylic acids is 1. The number of aromatic nitrogens is 1. The standard InChI is InChI=1S/C13H13N5O4S/c14-17-13(19)10-5-6-12(15-7-10)18-16-8-9-3-1-2-4-11(9)23(20,21)22/h1-8H,14H2,(H,15,18)(H,17,19)(H,20,21,22)/b16-8-. The molecule has 0 atom stereocenters. The zero-order valence-corrected chi connectivity index (χ0v) is 12.5. The minimum atomic E-state index is -4.34. The van der Waals surface area contributed by atoms with Crippen molar-refractivity contribution in [1.82, 2.24) is 10.4 Å². The molecule has 0 radical (unpaired) electrons. The molecule has 0 aliphatic heterocycles. The van der Waals surface area contributed by atoms with Crippen LogP contribution < -0.4 is 16.7 Å². The van der Waals surface area contributed by atoms with E-state index in [4.69, 9.17) is 10.4 Å². The summed E-state index contributed by atoms with van der Waals surface area (Å²) in [5.41, 5.74) is 5.04. The molecule has 0 bridgehead atoms. The lowest BCUT2D eigenvalue weighted by molar-refractivity contribution is 0.0953. The number of pyridine rings is 1. The summed E-state index contributed by atoms with van der Waals surface area (Å²) in [5.74, 6) is 4.86. The van der Waals surface area contributed by atoms with Crippen molar-refractivity contribution in [2.24, 2.45) is 10.9 Å². The van der Waals surface area contributed by atoms with Gasteiger partial charge in [0.2, 0.25) is 0 Å². The summed E-state index contributed by atoms with van der Waals surface area (Å²) in [6.45, 7) is 0. The molecule has 0 fully saturated rings. The van der Waals surface area contributed by atoms with Gasteiger partial charge in [0.25, 0.3) is 16.0 Å². The number of rotatable bonds is 5. The molecule has 0 spiro atoms. The highest BCUT2D eigenvalue weighted by molar-refractivity contribution is 7.86. The maximum atomic E-state index is 11.2. The third kappa shape index (κ3) is 4.32. The van der Waals surface area contributed by atoms with Crippen molar-refractivity contribution in [3.63, 3.8) is 0 Å². The molecule has 1 heterocycles. The number of nitrogens with zero attached hydrogens (tertiary/aromatic N) is 2. The van der Waals surface area contributed by atoms with Gasteiger partial charge in [0.05, 0.1) is 11.8 Å². The van der Waals surface area contributed by atoms with Gasteiger partial charge in [-0.1, -0.05) is 18.2 Å². The van der Waals surface area contributed by atoms with Gasteiger partial charge in [-0.05, 0) is 18.2 Å². The number of nitrogen functional groups attached to an aromatic ring is 1. The quantitative estimate of drug-likeness (QED) is 0.203. The van der Waals surface area contributed by atoms with Gasteiger partial charge in [-0.3, -0.25) is 20.2 Å². The second-order valence-electron chi connectivity index (χ2n) is 4.29. The summed E-state index contributed by atoms with van der Waals surface area (Å²) < 4.78 is 31.6. The lowest BCUT2D eigenvalue weighted by atomic mass is 10.2. The summed E-state index contributed by atoms with van der Waals surface area (Å²) in [5, 5.41) is 3.84. The molecule has 0 saturated heterocycles. The van der Waals surface area contributed by atoms with Crippen molar-refractivity contribution in [2.45, 2.75) is 4.90 Å². The number of nitrogens with one attached hydrogen (secondary N) is 2. The SMILES string of the molecule is NNC(=O)c1ccc(N/N=C\c2ccccc2S(=O)(=O)O)nc1. The van der Waals surface area contributed by atoms with Gasteiger partial charge in [0.15, 0.2) is 0 Å². The molecular formula is C13H13N5O4S. The van der Waals surface area contributed by atoms with Crippen LogP contribution in [0.5, 0.6) is 0 Å². The fourth-order valence-corrected chi connectivity index (χ4v) is 2.34. The van der Waals surface area contributed by atoms with Crippen LogP contribution in [0, 0.1) is 0 Å². The van der Waals surface area contributed by atoms with Crippen LogP contribution in [0.3, 0.4) is 0 Å². The molecule has 120 valence electrons. The van der Waals surface area contributed by atoms with Crippen LogP contribution in [-0.4, -0.2) is 30.1 Å². The van der Waals surface area contributed by atoms with Crippen LogP contribution >= 0.6 is 0 Å². The summed E-state index contributed by atoms with van der Waals surface area (Å²) in [6, 6.07) is 8.81. The van der Waals surface area contributed by atoms with E-state index in [-0.39, 0.29) is 16.0 Å². The Kier molecular flexibility index (Phi) is 5.01. The number of hydrogen-bond acceptors (Lipinski definition) is 7. The molecule has 1 amide bonds. The van der Waals surface area contributed by atoms with Crippen LogP contribution in [-0.2, 0) is 10.1 Å². The summed E-state index contributed by atoms with van der Waals surface area (Å²) in [6.07, 6.45) is 2.53. The summed E-state index contributed by atoms with van der Waals surface area (Å²) in [7, 11) is -4.34. The van der Waals surface area contributed by atoms with Crippen LogP contribution in [0.25, 0.3) is 0 Å². The number of hydrogen-bond donors (Lipinski definition) is 4. The van der Waals surface area contributed by atoms with Crippen LogP contribution in [0.4, 0.5) is 5.82 Å². The molecule has 1 aromatic heterocycles. The Labute approximate surface area is 132 Å². The van der Waals surface area contributed by atoms with Crippen molar-refractivity contribution in [3.8, 4) is 0 Å². The molecule has 9 nitrogen and oxygen atoms in total. The Bertz CT molecular complexity index is 834. The molecule has 0 aliphatic rings. The third-order valence-electron chi connectivity index (χ3n) is 2.74. The minimum absolute atomic E-state index is 0.210. The van der Waals surface area contributed by atoms with Gasteiger partial charge in [0, 0.05) is 11.8 Å². The fraction of sp³-hybridized carbons (Fsp3) is 0. The predicted molar refractivity (Wildman–Crippen MR) is 83.4 cm³/mol. The monoisotopic (exact) mass is 335 g/mol. The van der Waals surface area contributed by atoms with Crippen molar-refractivity contribution in [2.75, 3.05) is 5.43 Å². The summed E-state index contributed by atoms with van der Waals surface area (Å²) in [4.78, 5) is 14.9. The molecule has 0 unspecified atom stereocenters. The Morgan fingerprint density at radius 3 is 2.61 bits per heavy atom. The molecule has 2 aromatic rings. The second kappa shape index (κ2) is 6.96. The Balaban J connectivity index is 2.12. The number of anilines is 1. The highest BCUT2D eigenvalue weighted by atomic mass is 32.2. The first-order chi connectivity index (χ1) is 10.9. The first kappa shape index (κ1) is 16.5. The van der Waals surface area contributed by atoms with E-state index in [0.717, 1.165) is 0 Å². The molecule has 10 heteroatoms. The van der Waals surface area contributed by atoms with Crippen molar-refractivity contribution in [1.29, 1.82) is 0 Å². The average Bonchev–Trinajstić information content (AvgIpc) is 2.54. The van der Waals surface area contributed by atoms with Crippen molar-refractivity contribution >= 4 is 28.1 Å². The van der Waals surface area contributed by atoms with Gasteiger partial charge in [-0.15, -0.1) is 0 Å². The Morgan fingerprint density at radius 1 is 1.26 bits per heavy atom. The molecular weight excluding hydrogens is 322 g/mol. The van der Waals surface area contributed by atoms with Gasteiger partial charge in [0.1, 0.15) is 10.7 Å². The van der Waals surface area contributed by atoms with Crippen LogP contribution in [0.15, 0.2) is 52.6 Å². The summed E-state index contributed by atoms with van der Waals surface area (Å²) >= 11 is 0. The number of nitrogens with two attached hydrogens (primary N) is 1. The van der Waals surface area contributed by atoms with E-state index in [2.05, 4.69) is 15.5 Å². The number of carbonyl (C=O) groups is 1.